The van der Waals surface area contributed by atoms with E-state index in [-0.39, 0.29) is 6.61 Å². The smallest absolute Gasteiger partial charge is 0.166 e. The fraction of sp³-hybridized carbons (Fsp3) is 0.455. The van der Waals surface area contributed by atoms with Crippen molar-refractivity contribution in [3.05, 3.63) is 57.6 Å². The minimum Gasteiger partial charge on any atom is -0.493 e. The second-order valence-corrected chi connectivity index (χ2v) is 7.31. The zero-order valence-corrected chi connectivity index (χ0v) is 18.4. The molecule has 0 spiro atoms. The summed E-state index contributed by atoms with van der Waals surface area (Å²) in [5, 5.41) is 4.70. The van der Waals surface area contributed by atoms with E-state index in [4.69, 9.17) is 32.7 Å². The summed E-state index contributed by atoms with van der Waals surface area (Å²) in [4.78, 5) is 2.43. The molecule has 0 aromatic heterocycles. The molecule has 2 aromatic rings. The van der Waals surface area contributed by atoms with Crippen molar-refractivity contribution >= 4 is 23.2 Å². The molecule has 0 aliphatic rings. The second kappa shape index (κ2) is 12.2. The quantitative estimate of drug-likeness (QED) is 0.462. The molecule has 28 heavy (non-hydrogen) atoms. The van der Waals surface area contributed by atoms with Crippen molar-refractivity contribution in [2.24, 2.45) is 0 Å². The Morgan fingerprint density at radius 2 is 1.68 bits per heavy atom. The minimum absolute atomic E-state index is 0.286. The van der Waals surface area contributed by atoms with Crippen LogP contribution in [0.5, 0.6) is 11.5 Å². The molecule has 2 aromatic carbocycles. The minimum atomic E-state index is 0.286. The zero-order valence-electron chi connectivity index (χ0n) is 16.9. The van der Waals surface area contributed by atoms with Crippen LogP contribution in [0.3, 0.4) is 0 Å². The summed E-state index contributed by atoms with van der Waals surface area (Å²) < 4.78 is 11.6. The number of nitrogens with one attached hydrogen (secondary N) is 1. The predicted molar refractivity (Wildman–Crippen MR) is 118 cm³/mol. The molecule has 0 saturated heterocycles. The average molecular weight is 425 g/mol. The summed E-state index contributed by atoms with van der Waals surface area (Å²) in [6.07, 6.45) is 1.11. The van der Waals surface area contributed by atoms with Crippen LogP contribution in [0.15, 0.2) is 36.4 Å². The van der Waals surface area contributed by atoms with Gasteiger partial charge in [0.1, 0.15) is 6.61 Å². The molecule has 0 bridgehead atoms. The van der Waals surface area contributed by atoms with Crippen LogP contribution in [-0.2, 0) is 13.2 Å². The molecule has 0 aliphatic carbocycles. The third-order valence-corrected chi connectivity index (χ3v) is 5.45. The van der Waals surface area contributed by atoms with E-state index < -0.39 is 0 Å². The van der Waals surface area contributed by atoms with Gasteiger partial charge in [-0.25, -0.2) is 0 Å². The maximum Gasteiger partial charge on any atom is 0.166 e. The Labute approximate surface area is 178 Å². The summed E-state index contributed by atoms with van der Waals surface area (Å²) in [5.41, 5.74) is 1.82. The van der Waals surface area contributed by atoms with Crippen LogP contribution in [0.1, 0.15) is 31.4 Å². The van der Waals surface area contributed by atoms with E-state index in [0.717, 1.165) is 49.5 Å². The summed E-state index contributed by atoms with van der Waals surface area (Å²) >= 11 is 12.5. The molecule has 0 unspecified atom stereocenters. The van der Waals surface area contributed by atoms with Crippen molar-refractivity contribution in [2.45, 2.75) is 33.4 Å². The summed E-state index contributed by atoms with van der Waals surface area (Å²) in [7, 11) is 1.64. The van der Waals surface area contributed by atoms with E-state index in [0.29, 0.717) is 22.3 Å². The molecule has 0 radical (unpaired) electrons. The van der Waals surface area contributed by atoms with Gasteiger partial charge in [-0.15, -0.1) is 0 Å². The van der Waals surface area contributed by atoms with Crippen molar-refractivity contribution in [1.82, 2.24) is 10.2 Å². The monoisotopic (exact) mass is 424 g/mol. The highest BCUT2D eigenvalue weighted by molar-refractivity contribution is 6.35. The molecule has 4 nitrogen and oxygen atoms in total. The van der Waals surface area contributed by atoms with Gasteiger partial charge in [0, 0.05) is 27.7 Å². The van der Waals surface area contributed by atoms with E-state index >= 15 is 0 Å². The van der Waals surface area contributed by atoms with E-state index in [1.54, 1.807) is 7.11 Å². The van der Waals surface area contributed by atoms with E-state index in [2.05, 4.69) is 24.1 Å². The maximum atomic E-state index is 6.26. The van der Waals surface area contributed by atoms with Crippen LogP contribution >= 0.6 is 23.2 Å². The molecule has 0 saturated carbocycles. The summed E-state index contributed by atoms with van der Waals surface area (Å²) in [6.45, 7) is 9.62. The van der Waals surface area contributed by atoms with E-state index in [1.807, 2.05) is 36.4 Å². The Hall–Kier alpha value is -1.46. The topological polar surface area (TPSA) is 33.7 Å². The SMILES string of the molecule is CCN(CC)CCCNCc1cccc(OC)c1OCc1c(Cl)cccc1Cl. The number of para-hydroxylation sites is 1. The summed E-state index contributed by atoms with van der Waals surface area (Å²) in [5.74, 6) is 1.42. The average Bonchev–Trinajstić information content (AvgIpc) is 2.70. The van der Waals surface area contributed by atoms with Crippen molar-refractivity contribution in [3.8, 4) is 11.5 Å². The van der Waals surface area contributed by atoms with Gasteiger partial charge in [0.2, 0.25) is 0 Å². The molecule has 2 rings (SSSR count). The lowest BCUT2D eigenvalue weighted by Gasteiger charge is -2.18. The first-order valence-corrected chi connectivity index (χ1v) is 10.5. The first-order chi connectivity index (χ1) is 13.6. The number of rotatable bonds is 12. The number of halogens is 2. The highest BCUT2D eigenvalue weighted by atomic mass is 35.5. The van der Waals surface area contributed by atoms with Gasteiger partial charge in [0.25, 0.3) is 0 Å². The predicted octanol–water partition coefficient (Wildman–Crippen LogP) is 5.40. The number of methoxy groups -OCH3 is 1. The van der Waals surface area contributed by atoms with Crippen LogP contribution in [0, 0.1) is 0 Å². The van der Waals surface area contributed by atoms with Crippen LogP contribution in [-0.4, -0.2) is 38.2 Å². The van der Waals surface area contributed by atoms with Gasteiger partial charge in [0.05, 0.1) is 7.11 Å². The molecule has 0 amide bonds. The highest BCUT2D eigenvalue weighted by Crippen LogP contribution is 2.33. The van der Waals surface area contributed by atoms with Crippen LogP contribution in [0.2, 0.25) is 10.0 Å². The first kappa shape index (κ1) is 22.8. The summed E-state index contributed by atoms with van der Waals surface area (Å²) in [6, 6.07) is 11.4. The zero-order chi connectivity index (χ0) is 20.4. The van der Waals surface area contributed by atoms with Gasteiger partial charge in [-0.1, -0.05) is 55.2 Å². The Morgan fingerprint density at radius 1 is 1.00 bits per heavy atom. The van der Waals surface area contributed by atoms with Crippen LogP contribution in [0.25, 0.3) is 0 Å². The number of nitrogens with zero attached hydrogens (tertiary/aromatic N) is 1. The third-order valence-electron chi connectivity index (χ3n) is 4.74. The Morgan fingerprint density at radius 3 is 2.32 bits per heavy atom. The van der Waals surface area contributed by atoms with Gasteiger partial charge in [-0.3, -0.25) is 0 Å². The van der Waals surface area contributed by atoms with Crippen molar-refractivity contribution in [3.63, 3.8) is 0 Å². The van der Waals surface area contributed by atoms with Gasteiger partial charge >= 0.3 is 0 Å². The van der Waals surface area contributed by atoms with Gasteiger partial charge < -0.3 is 19.7 Å². The fourth-order valence-electron chi connectivity index (χ4n) is 3.03. The van der Waals surface area contributed by atoms with Gasteiger partial charge in [-0.2, -0.15) is 0 Å². The molecule has 6 heteroatoms. The van der Waals surface area contributed by atoms with Crippen LogP contribution < -0.4 is 14.8 Å². The molecule has 0 atom stereocenters. The van der Waals surface area contributed by atoms with Crippen molar-refractivity contribution < 1.29 is 9.47 Å². The first-order valence-electron chi connectivity index (χ1n) is 9.75. The fourth-order valence-corrected chi connectivity index (χ4v) is 3.54. The molecular weight excluding hydrogens is 395 g/mol. The number of benzene rings is 2. The van der Waals surface area contributed by atoms with E-state index in [1.165, 1.54) is 0 Å². The number of ether oxygens (including phenoxy) is 2. The molecule has 0 aliphatic heterocycles. The Bertz CT molecular complexity index is 716. The third kappa shape index (κ3) is 6.56. The van der Waals surface area contributed by atoms with E-state index in [9.17, 15) is 0 Å². The van der Waals surface area contributed by atoms with Crippen molar-refractivity contribution in [1.29, 1.82) is 0 Å². The largest absolute Gasteiger partial charge is 0.493 e. The van der Waals surface area contributed by atoms with Crippen LogP contribution in [0.4, 0.5) is 0 Å². The highest BCUT2D eigenvalue weighted by Gasteiger charge is 2.13. The number of hydrogen-bond acceptors (Lipinski definition) is 4. The Balaban J connectivity index is 1.99. The molecule has 0 fully saturated rings. The lowest BCUT2D eigenvalue weighted by atomic mass is 10.1. The molecule has 0 heterocycles. The van der Waals surface area contributed by atoms with Crippen molar-refractivity contribution in [2.75, 3.05) is 33.3 Å². The second-order valence-electron chi connectivity index (χ2n) is 6.49. The van der Waals surface area contributed by atoms with Gasteiger partial charge in [-0.05, 0) is 50.8 Å². The standard InChI is InChI=1S/C22H30Cl2N2O2/c1-4-26(5-2)14-8-13-25-15-17-9-6-12-21(27-3)22(17)28-16-18-19(23)10-7-11-20(18)24/h6-7,9-12,25H,4-5,8,13-16H2,1-3H3. The maximum absolute atomic E-state index is 6.26. The Kier molecular flexibility index (Phi) is 9.93. The van der Waals surface area contributed by atoms with Gasteiger partial charge in [0.15, 0.2) is 11.5 Å². The molecular formula is C22H30Cl2N2O2. The molecule has 1 N–H and O–H groups in total. The number of hydrogen-bond donors (Lipinski definition) is 1. The normalized spacial score (nSPS) is 11.1. The lowest BCUT2D eigenvalue weighted by molar-refractivity contribution is 0.280. The lowest BCUT2D eigenvalue weighted by Crippen LogP contribution is -2.27. The molecule has 154 valence electrons.